The number of pyridine rings is 1. The van der Waals surface area contributed by atoms with Crippen LogP contribution in [0, 0.1) is 6.92 Å². The molecule has 0 saturated carbocycles. The zero-order valence-corrected chi connectivity index (χ0v) is 14.6. The number of fused-ring (bicyclic) bond motifs is 3. The fourth-order valence-corrected chi connectivity index (χ4v) is 3.58. The molecule has 0 amide bonds. The summed E-state index contributed by atoms with van der Waals surface area (Å²) in [6, 6.07) is 10.5. The summed E-state index contributed by atoms with van der Waals surface area (Å²) in [5.74, 6) is 0. The third-order valence-corrected chi connectivity index (χ3v) is 4.88. The minimum absolute atomic E-state index is 0.689. The highest BCUT2D eigenvalue weighted by atomic mass is 16.1. The number of nitrogens with zero attached hydrogens (tertiary/aromatic N) is 3. The van der Waals surface area contributed by atoms with Gasteiger partial charge in [-0.15, -0.1) is 0 Å². The highest BCUT2D eigenvalue weighted by Gasteiger charge is 2.29. The number of aromatic nitrogens is 1. The van der Waals surface area contributed by atoms with Gasteiger partial charge in [0.05, 0.1) is 5.70 Å². The van der Waals surface area contributed by atoms with E-state index in [0.717, 1.165) is 39.9 Å². The third-order valence-electron chi connectivity index (χ3n) is 4.88. The molecule has 2 aliphatic rings. The molecule has 126 valence electrons. The lowest BCUT2D eigenvalue weighted by molar-refractivity contribution is -0.106. The topological polar surface area (TPSA) is 48.5 Å². The van der Waals surface area contributed by atoms with Crippen LogP contribution < -0.4 is 5.43 Å². The highest BCUT2D eigenvalue weighted by molar-refractivity contribution is 5.91. The average molecular weight is 332 g/mol. The van der Waals surface area contributed by atoms with E-state index in [2.05, 4.69) is 34.7 Å². The Balaban J connectivity index is 1.92. The molecule has 0 fully saturated rings. The molecular weight excluding hydrogens is 312 g/mol. The van der Waals surface area contributed by atoms with Gasteiger partial charge in [0.25, 0.3) is 0 Å². The van der Waals surface area contributed by atoms with Gasteiger partial charge < -0.3 is 10.3 Å². The quantitative estimate of drug-likeness (QED) is 0.857. The zero-order valence-electron chi connectivity index (χ0n) is 14.6. The van der Waals surface area contributed by atoms with Crippen LogP contribution in [0.5, 0.6) is 0 Å². The van der Waals surface area contributed by atoms with Crippen LogP contribution in [0.25, 0.3) is 16.7 Å². The van der Waals surface area contributed by atoms with Crippen LogP contribution >= 0.6 is 0 Å². The standard InChI is InChI=1S/C20H20N4O/c1-13-16(5-4-8-21-13)14-6-7-15-11-23(2)19(12-25)20-18(17(15)9-14)10-22-24(20)3/h4-10,12,22H,11H2,1-3H3. The van der Waals surface area contributed by atoms with Crippen LogP contribution in [0.2, 0.25) is 0 Å². The molecule has 0 unspecified atom stereocenters. The van der Waals surface area contributed by atoms with E-state index in [-0.39, 0.29) is 0 Å². The second kappa shape index (κ2) is 5.77. The first-order chi connectivity index (χ1) is 12.1. The summed E-state index contributed by atoms with van der Waals surface area (Å²) in [4.78, 5) is 18.1. The Morgan fingerprint density at radius 1 is 1.20 bits per heavy atom. The van der Waals surface area contributed by atoms with Gasteiger partial charge in [-0.2, -0.15) is 0 Å². The Morgan fingerprint density at radius 2 is 2.04 bits per heavy atom. The first kappa shape index (κ1) is 15.4. The molecule has 2 aromatic rings. The van der Waals surface area contributed by atoms with Crippen molar-refractivity contribution in [1.82, 2.24) is 20.3 Å². The predicted molar refractivity (Wildman–Crippen MR) is 97.8 cm³/mol. The van der Waals surface area contributed by atoms with Crippen molar-refractivity contribution in [3.05, 3.63) is 70.9 Å². The van der Waals surface area contributed by atoms with Crippen molar-refractivity contribution in [3.63, 3.8) is 0 Å². The van der Waals surface area contributed by atoms with Crippen molar-refractivity contribution in [2.24, 2.45) is 0 Å². The molecule has 5 heteroatoms. The van der Waals surface area contributed by atoms with Crippen LogP contribution in [-0.4, -0.2) is 35.3 Å². The van der Waals surface area contributed by atoms with Gasteiger partial charge in [0.2, 0.25) is 0 Å². The van der Waals surface area contributed by atoms with Gasteiger partial charge in [-0.05, 0) is 35.7 Å². The van der Waals surface area contributed by atoms with Crippen LogP contribution in [0.3, 0.4) is 0 Å². The third kappa shape index (κ3) is 2.39. The summed E-state index contributed by atoms with van der Waals surface area (Å²) in [7, 11) is 3.88. The van der Waals surface area contributed by atoms with Crippen molar-refractivity contribution in [1.29, 1.82) is 0 Å². The van der Waals surface area contributed by atoms with Gasteiger partial charge in [-0.3, -0.25) is 14.8 Å². The molecule has 4 rings (SSSR count). The van der Waals surface area contributed by atoms with E-state index in [1.165, 1.54) is 5.56 Å². The first-order valence-corrected chi connectivity index (χ1v) is 8.26. The van der Waals surface area contributed by atoms with Gasteiger partial charge in [-0.1, -0.05) is 18.2 Å². The molecule has 25 heavy (non-hydrogen) atoms. The number of likely N-dealkylation sites (N-methyl/N-ethyl adjacent to an activating group) is 2. The molecule has 3 heterocycles. The molecular formula is C20H20N4O. The van der Waals surface area contributed by atoms with Crippen molar-refractivity contribution < 1.29 is 4.79 Å². The number of aryl methyl sites for hydroxylation is 1. The summed E-state index contributed by atoms with van der Waals surface area (Å²) in [5.41, 5.74) is 11.5. The minimum Gasteiger partial charge on any atom is -0.366 e. The van der Waals surface area contributed by atoms with Crippen molar-refractivity contribution in [2.75, 3.05) is 14.1 Å². The lowest BCUT2D eigenvalue weighted by Gasteiger charge is -2.22. The lowest BCUT2D eigenvalue weighted by atomic mass is 9.93. The minimum atomic E-state index is 0.689. The van der Waals surface area contributed by atoms with Gasteiger partial charge in [0.1, 0.15) is 5.70 Å². The number of allylic oxidation sites excluding steroid dienone is 2. The van der Waals surface area contributed by atoms with Crippen molar-refractivity contribution >= 4 is 11.9 Å². The number of rotatable bonds is 2. The van der Waals surface area contributed by atoms with Gasteiger partial charge in [0, 0.05) is 49.9 Å². The van der Waals surface area contributed by atoms with E-state index in [4.69, 9.17) is 0 Å². The van der Waals surface area contributed by atoms with Crippen LogP contribution in [0.4, 0.5) is 0 Å². The van der Waals surface area contributed by atoms with E-state index in [1.54, 1.807) is 0 Å². The molecule has 5 nitrogen and oxygen atoms in total. The van der Waals surface area contributed by atoms with Crippen LogP contribution in [-0.2, 0) is 11.3 Å². The molecule has 0 spiro atoms. The maximum absolute atomic E-state index is 11.7. The molecule has 1 N–H and O–H groups in total. The van der Waals surface area contributed by atoms with Gasteiger partial charge >= 0.3 is 0 Å². The Labute approximate surface area is 147 Å². The highest BCUT2D eigenvalue weighted by Crippen LogP contribution is 2.38. The number of aldehydes is 1. The summed E-state index contributed by atoms with van der Waals surface area (Å²) in [6.45, 7) is 2.72. The number of carbonyl (C=O) groups is 1. The van der Waals surface area contributed by atoms with Gasteiger partial charge in [0.15, 0.2) is 6.29 Å². The summed E-state index contributed by atoms with van der Waals surface area (Å²) < 4.78 is 0. The van der Waals surface area contributed by atoms with Crippen molar-refractivity contribution in [3.8, 4) is 11.1 Å². The molecule has 0 bridgehead atoms. The number of nitrogens with one attached hydrogen (secondary N) is 1. The lowest BCUT2D eigenvalue weighted by Crippen LogP contribution is -2.28. The van der Waals surface area contributed by atoms with Crippen LogP contribution in [0.15, 0.2) is 54.1 Å². The molecule has 0 atom stereocenters. The SMILES string of the molecule is Cc1ncccc1-c1ccc2c(c1)C1=CNN(C)C1=C(C=O)N(C)C2. The molecule has 1 aromatic heterocycles. The molecule has 0 radical (unpaired) electrons. The second-order valence-electron chi connectivity index (χ2n) is 6.46. The van der Waals surface area contributed by atoms with Gasteiger partial charge in [-0.25, -0.2) is 0 Å². The van der Waals surface area contributed by atoms with E-state index in [1.807, 2.05) is 49.4 Å². The smallest absolute Gasteiger partial charge is 0.168 e. The van der Waals surface area contributed by atoms with E-state index < -0.39 is 0 Å². The fourth-order valence-electron chi connectivity index (χ4n) is 3.58. The molecule has 2 aliphatic heterocycles. The van der Waals surface area contributed by atoms with E-state index >= 15 is 0 Å². The Hall–Kier alpha value is -3.08. The number of hydrogen-bond donors (Lipinski definition) is 1. The Kier molecular flexibility index (Phi) is 3.57. The maximum Gasteiger partial charge on any atom is 0.168 e. The number of benzene rings is 1. The summed E-state index contributed by atoms with van der Waals surface area (Å²) in [5, 5.41) is 1.90. The molecule has 1 aromatic carbocycles. The van der Waals surface area contributed by atoms with E-state index in [9.17, 15) is 4.79 Å². The average Bonchev–Trinajstić information content (AvgIpc) is 2.92. The monoisotopic (exact) mass is 332 g/mol. The van der Waals surface area contributed by atoms with Crippen LogP contribution in [0.1, 0.15) is 16.8 Å². The zero-order chi connectivity index (χ0) is 17.6. The first-order valence-electron chi connectivity index (χ1n) is 8.26. The Bertz CT molecular complexity index is 929. The second-order valence-corrected chi connectivity index (χ2v) is 6.46. The summed E-state index contributed by atoms with van der Waals surface area (Å²) in [6.07, 6.45) is 4.72. The number of hydrazine groups is 1. The number of carbonyl (C=O) groups excluding carboxylic acids is 1. The number of hydrogen-bond acceptors (Lipinski definition) is 5. The molecule has 0 aliphatic carbocycles. The maximum atomic E-state index is 11.7. The normalized spacial score (nSPS) is 16.0. The Morgan fingerprint density at radius 3 is 2.80 bits per heavy atom. The summed E-state index contributed by atoms with van der Waals surface area (Å²) >= 11 is 0. The predicted octanol–water partition coefficient (Wildman–Crippen LogP) is 2.70. The fraction of sp³-hybridized carbons (Fsp3) is 0.200. The van der Waals surface area contributed by atoms with Crippen molar-refractivity contribution in [2.45, 2.75) is 13.5 Å². The van der Waals surface area contributed by atoms with E-state index in [0.29, 0.717) is 12.2 Å². The largest absolute Gasteiger partial charge is 0.366 e. The molecule has 0 saturated heterocycles.